The van der Waals surface area contributed by atoms with Crippen LogP contribution in [0.3, 0.4) is 0 Å². The lowest BCUT2D eigenvalue weighted by atomic mass is 9.98. The van der Waals surface area contributed by atoms with Gasteiger partial charge in [-0.25, -0.2) is 8.42 Å². The number of hydrogen-bond donors (Lipinski definition) is 1. The smallest absolute Gasteiger partial charge is 0.305 e. The van der Waals surface area contributed by atoms with Crippen molar-refractivity contribution >= 4 is 21.9 Å². The van der Waals surface area contributed by atoms with Crippen LogP contribution in [-0.2, 0) is 19.6 Å². The Morgan fingerprint density at radius 1 is 1.28 bits per heavy atom. The molecule has 0 aromatic heterocycles. The average Bonchev–Trinajstić information content (AvgIpc) is 2.59. The highest BCUT2D eigenvalue weighted by atomic mass is 32.2. The average molecular weight is 368 g/mol. The first-order valence-electron chi connectivity index (χ1n) is 8.25. The topological polar surface area (TPSA) is 95.0 Å². The Bertz CT molecular complexity index is 730. The van der Waals surface area contributed by atoms with Crippen molar-refractivity contribution in [3.05, 3.63) is 29.8 Å². The highest BCUT2D eigenvalue weighted by Crippen LogP contribution is 2.25. The normalized spacial score (nSPS) is 18.7. The summed E-state index contributed by atoms with van der Waals surface area (Å²) >= 11 is 0. The molecule has 25 heavy (non-hydrogen) atoms. The number of amides is 1. The summed E-state index contributed by atoms with van der Waals surface area (Å²) in [5.41, 5.74) is 0.978. The molecule has 0 bridgehead atoms. The van der Waals surface area contributed by atoms with Crippen LogP contribution in [0.15, 0.2) is 29.2 Å². The Labute approximate surface area is 148 Å². The van der Waals surface area contributed by atoms with E-state index in [4.69, 9.17) is 5.11 Å². The van der Waals surface area contributed by atoms with Gasteiger partial charge in [0.1, 0.15) is 0 Å². The Hall–Kier alpha value is -1.93. The van der Waals surface area contributed by atoms with E-state index in [0.717, 1.165) is 5.56 Å². The van der Waals surface area contributed by atoms with Gasteiger partial charge < -0.3 is 10.0 Å². The van der Waals surface area contributed by atoms with Crippen LogP contribution in [0.25, 0.3) is 0 Å². The number of carbonyl (C=O) groups excluding carboxylic acids is 1. The van der Waals surface area contributed by atoms with Gasteiger partial charge in [0.15, 0.2) is 0 Å². The zero-order valence-corrected chi connectivity index (χ0v) is 15.3. The van der Waals surface area contributed by atoms with Crippen LogP contribution in [0, 0.1) is 12.8 Å². The number of carboxylic acid groups (broad SMARTS) is 1. The number of rotatable bonds is 6. The van der Waals surface area contributed by atoms with Gasteiger partial charge in [-0.15, -0.1) is 0 Å². The zero-order chi connectivity index (χ0) is 18.6. The number of hydrogen-bond acceptors (Lipinski definition) is 4. The number of sulfonamides is 1. The lowest BCUT2D eigenvalue weighted by Crippen LogP contribution is -2.46. The fourth-order valence-electron chi connectivity index (χ4n) is 2.91. The monoisotopic (exact) mass is 368 g/mol. The lowest BCUT2D eigenvalue weighted by molar-refractivity contribution is -0.139. The molecular formula is C17H24N2O5S. The number of carbonyl (C=O) groups is 2. The van der Waals surface area contributed by atoms with Gasteiger partial charge in [0, 0.05) is 26.7 Å². The fourth-order valence-corrected chi connectivity index (χ4v) is 4.43. The molecule has 1 fully saturated rings. The molecule has 2 rings (SSSR count). The maximum atomic E-state index is 12.8. The highest BCUT2D eigenvalue weighted by Gasteiger charge is 2.34. The second-order valence-corrected chi connectivity index (χ2v) is 8.36. The molecule has 1 saturated heterocycles. The van der Waals surface area contributed by atoms with Crippen LogP contribution in [-0.4, -0.2) is 61.3 Å². The summed E-state index contributed by atoms with van der Waals surface area (Å²) in [6.07, 6.45) is 1.09. The molecule has 1 amide bonds. The number of piperidine rings is 1. The van der Waals surface area contributed by atoms with Crippen molar-refractivity contribution < 1.29 is 23.1 Å². The van der Waals surface area contributed by atoms with E-state index in [0.29, 0.717) is 19.4 Å². The van der Waals surface area contributed by atoms with E-state index in [1.807, 2.05) is 6.92 Å². The minimum absolute atomic E-state index is 0.120. The summed E-state index contributed by atoms with van der Waals surface area (Å²) in [6, 6.07) is 6.66. The second-order valence-electron chi connectivity index (χ2n) is 6.42. The number of aliphatic carboxylic acids is 1. The Morgan fingerprint density at radius 2 is 1.92 bits per heavy atom. The largest absolute Gasteiger partial charge is 0.481 e. The molecule has 1 aromatic rings. The summed E-state index contributed by atoms with van der Waals surface area (Å²) in [7, 11) is -2.07. The van der Waals surface area contributed by atoms with E-state index in [9.17, 15) is 18.0 Å². The number of aryl methyl sites for hydroxylation is 1. The molecule has 0 saturated carbocycles. The van der Waals surface area contributed by atoms with Gasteiger partial charge in [0.2, 0.25) is 15.9 Å². The third kappa shape index (κ3) is 4.79. The summed E-state index contributed by atoms with van der Waals surface area (Å²) in [5, 5.41) is 8.72. The van der Waals surface area contributed by atoms with Gasteiger partial charge in [-0.3, -0.25) is 9.59 Å². The van der Waals surface area contributed by atoms with Crippen LogP contribution >= 0.6 is 0 Å². The minimum Gasteiger partial charge on any atom is -0.481 e. The Kier molecular flexibility index (Phi) is 6.18. The molecule has 138 valence electrons. The van der Waals surface area contributed by atoms with Crippen molar-refractivity contribution in [3.63, 3.8) is 0 Å². The van der Waals surface area contributed by atoms with Gasteiger partial charge in [-0.05, 0) is 31.9 Å². The standard InChI is InChI=1S/C17H24N2O5S/c1-13-5-7-15(8-6-13)25(23,24)19-10-3-4-14(12-19)17(22)18(2)11-9-16(20)21/h5-8,14H,3-4,9-12H2,1-2H3,(H,20,21). The summed E-state index contributed by atoms with van der Waals surface area (Å²) in [4.78, 5) is 24.7. The van der Waals surface area contributed by atoms with Crippen molar-refractivity contribution in [2.75, 3.05) is 26.7 Å². The molecule has 1 heterocycles. The van der Waals surface area contributed by atoms with E-state index in [1.54, 1.807) is 31.3 Å². The van der Waals surface area contributed by atoms with Gasteiger partial charge in [0.05, 0.1) is 17.2 Å². The van der Waals surface area contributed by atoms with Gasteiger partial charge in [-0.2, -0.15) is 4.31 Å². The third-order valence-electron chi connectivity index (χ3n) is 4.43. The van der Waals surface area contributed by atoms with E-state index in [-0.39, 0.29) is 30.3 Å². The SMILES string of the molecule is Cc1ccc(S(=O)(=O)N2CCCC(C(=O)N(C)CCC(=O)O)C2)cc1. The van der Waals surface area contributed by atoms with Crippen LogP contribution in [0.4, 0.5) is 0 Å². The van der Waals surface area contributed by atoms with Crippen molar-refractivity contribution in [3.8, 4) is 0 Å². The van der Waals surface area contributed by atoms with E-state index >= 15 is 0 Å². The van der Waals surface area contributed by atoms with Crippen molar-refractivity contribution in [2.45, 2.75) is 31.1 Å². The van der Waals surface area contributed by atoms with Crippen LogP contribution in [0.5, 0.6) is 0 Å². The molecule has 1 unspecified atom stereocenters. The van der Waals surface area contributed by atoms with Gasteiger partial charge >= 0.3 is 5.97 Å². The minimum atomic E-state index is -3.63. The highest BCUT2D eigenvalue weighted by molar-refractivity contribution is 7.89. The Morgan fingerprint density at radius 3 is 2.52 bits per heavy atom. The first kappa shape index (κ1) is 19.4. The van der Waals surface area contributed by atoms with Crippen molar-refractivity contribution in [2.24, 2.45) is 5.92 Å². The molecule has 1 aromatic carbocycles. The maximum Gasteiger partial charge on any atom is 0.305 e. The first-order chi connectivity index (χ1) is 11.7. The van der Waals surface area contributed by atoms with E-state index in [1.165, 1.54) is 9.21 Å². The van der Waals surface area contributed by atoms with Crippen LogP contribution in [0.2, 0.25) is 0 Å². The molecule has 1 aliphatic heterocycles. The van der Waals surface area contributed by atoms with Crippen molar-refractivity contribution in [1.82, 2.24) is 9.21 Å². The second kappa shape index (κ2) is 7.97. The summed E-state index contributed by atoms with van der Waals surface area (Å²) in [5.74, 6) is -1.61. The van der Waals surface area contributed by atoms with Crippen LogP contribution in [0.1, 0.15) is 24.8 Å². The molecular weight excluding hydrogens is 344 g/mol. The van der Waals surface area contributed by atoms with Crippen LogP contribution < -0.4 is 0 Å². The quantitative estimate of drug-likeness (QED) is 0.817. The third-order valence-corrected chi connectivity index (χ3v) is 6.31. The molecule has 1 N–H and O–H groups in total. The van der Waals surface area contributed by atoms with Crippen molar-refractivity contribution in [1.29, 1.82) is 0 Å². The summed E-state index contributed by atoms with van der Waals surface area (Å²) < 4.78 is 26.9. The number of carboxylic acids is 1. The predicted molar refractivity (Wildman–Crippen MR) is 92.6 cm³/mol. The van der Waals surface area contributed by atoms with Gasteiger partial charge in [-0.1, -0.05) is 17.7 Å². The summed E-state index contributed by atoms with van der Waals surface area (Å²) in [6.45, 7) is 2.53. The molecule has 1 atom stereocenters. The molecule has 0 aliphatic carbocycles. The molecule has 8 heteroatoms. The lowest BCUT2D eigenvalue weighted by Gasteiger charge is -2.33. The van der Waals surface area contributed by atoms with Gasteiger partial charge in [0.25, 0.3) is 0 Å². The maximum absolute atomic E-state index is 12.8. The molecule has 0 spiro atoms. The number of benzene rings is 1. The first-order valence-corrected chi connectivity index (χ1v) is 9.69. The molecule has 7 nitrogen and oxygen atoms in total. The predicted octanol–water partition coefficient (Wildman–Crippen LogP) is 1.33. The molecule has 1 aliphatic rings. The Balaban J connectivity index is 2.08. The number of nitrogens with zero attached hydrogens (tertiary/aromatic N) is 2. The van der Waals surface area contributed by atoms with E-state index < -0.39 is 21.9 Å². The zero-order valence-electron chi connectivity index (χ0n) is 14.5. The molecule has 0 radical (unpaired) electrons. The fraction of sp³-hybridized carbons (Fsp3) is 0.529. The van der Waals surface area contributed by atoms with E-state index in [2.05, 4.69) is 0 Å².